The van der Waals surface area contributed by atoms with Crippen LogP contribution in [-0.2, 0) is 19.1 Å². The van der Waals surface area contributed by atoms with E-state index in [9.17, 15) is 14.7 Å². The van der Waals surface area contributed by atoms with Gasteiger partial charge < -0.3 is 19.5 Å². The lowest BCUT2D eigenvalue weighted by Crippen LogP contribution is -2.38. The molecule has 0 saturated heterocycles. The molecule has 0 aliphatic rings. The van der Waals surface area contributed by atoms with Crippen molar-refractivity contribution >= 4 is 11.9 Å². The third kappa shape index (κ3) is 46.2. The maximum Gasteiger partial charge on any atom is 0.305 e. The van der Waals surface area contributed by atoms with Crippen molar-refractivity contribution in [2.75, 3.05) is 45.9 Å². The number of hydrogen-bond donors (Lipinski definition) is 1. The van der Waals surface area contributed by atoms with Gasteiger partial charge in [-0.25, -0.2) is 0 Å². The Hall–Kier alpha value is -1.60. The third-order valence-corrected chi connectivity index (χ3v) is 12.1. The Balaban J connectivity index is -0.00000814. The van der Waals surface area contributed by atoms with Crippen molar-refractivity contribution < 1.29 is 24.2 Å². The summed E-state index contributed by atoms with van der Waals surface area (Å²) < 4.78 is 11.4. The second kappa shape index (κ2) is 52.7. The fraction of sp³-hybridized carbons (Fsp3) is 0.926. The Labute approximate surface area is 382 Å². The molecule has 0 radical (unpaired) electrons. The van der Waals surface area contributed by atoms with Crippen molar-refractivity contribution in [3.63, 3.8) is 0 Å². The zero-order valence-corrected chi connectivity index (χ0v) is 42.9. The number of aliphatic hydroxyl groups excluding tert-OH is 1. The molecule has 3 unspecified atom stereocenters. The molecule has 366 valence electrons. The standard InChI is InChI=1S/C50H98N2O5.2C2H6/c1-7-13-17-19-25-33-46(31-23-15-9-3)38-43-56-49(54)36-27-21-22-30-40-52(42-41-51(11-5)12-6)45-48(53)35-28-29-37-50(55)57-44-39-47(32-24-16-10-4)34-26-20-18-14-8-2;2*1-2/h11,46-48,53H,5,7-10,12-45H2,1-4,6H3;2*1-2H3. The molecule has 7 nitrogen and oxygen atoms in total. The highest BCUT2D eigenvalue weighted by molar-refractivity contribution is 5.69. The minimum absolute atomic E-state index is 0.0395. The SMILES string of the molecule is C=CN(CC)CCN(CCCCCCC(=O)OCCC(CCCCC)CCCCCCC)CC(O)CCCCC(=O)OCCC(CCCCC)CCCCCCC.CC.CC. The molecule has 0 bridgehead atoms. The van der Waals surface area contributed by atoms with Gasteiger partial charge >= 0.3 is 11.9 Å². The zero-order valence-electron chi connectivity index (χ0n) is 42.9. The summed E-state index contributed by atoms with van der Waals surface area (Å²) in [7, 11) is 0. The Bertz CT molecular complexity index is 886. The van der Waals surface area contributed by atoms with Gasteiger partial charge in [-0.3, -0.25) is 14.5 Å². The molecule has 61 heavy (non-hydrogen) atoms. The summed E-state index contributed by atoms with van der Waals surface area (Å²) in [5.41, 5.74) is 0. The molecular weight excluding hydrogens is 757 g/mol. The molecule has 0 aromatic carbocycles. The number of hydrogen-bond acceptors (Lipinski definition) is 7. The van der Waals surface area contributed by atoms with E-state index in [0.29, 0.717) is 50.9 Å². The molecule has 0 fully saturated rings. The van der Waals surface area contributed by atoms with Crippen molar-refractivity contribution in [3.8, 4) is 0 Å². The van der Waals surface area contributed by atoms with E-state index in [1.165, 1.54) is 128 Å². The number of rotatable bonds is 45. The summed E-state index contributed by atoms with van der Waals surface area (Å²) in [6, 6.07) is 0. The Kier molecular flexibility index (Phi) is 55.1. The van der Waals surface area contributed by atoms with Gasteiger partial charge in [-0.2, -0.15) is 0 Å². The first-order chi connectivity index (χ1) is 29.8. The summed E-state index contributed by atoms with van der Waals surface area (Å²) in [6.07, 6.45) is 36.7. The molecular formula is C54H110N2O5. The summed E-state index contributed by atoms with van der Waals surface area (Å²) in [4.78, 5) is 29.6. The first-order valence-corrected chi connectivity index (χ1v) is 26.9. The summed E-state index contributed by atoms with van der Waals surface area (Å²) in [5, 5.41) is 11.0. The van der Waals surface area contributed by atoms with Crippen LogP contribution in [0.4, 0.5) is 0 Å². The molecule has 0 spiro atoms. The van der Waals surface area contributed by atoms with Crippen molar-refractivity contribution in [1.29, 1.82) is 0 Å². The number of aliphatic hydroxyl groups is 1. The van der Waals surface area contributed by atoms with Crippen LogP contribution in [-0.4, -0.2) is 78.9 Å². The predicted molar refractivity (Wildman–Crippen MR) is 267 cm³/mol. The zero-order chi connectivity index (χ0) is 46.0. The van der Waals surface area contributed by atoms with Gasteiger partial charge in [-0.05, 0) is 70.0 Å². The van der Waals surface area contributed by atoms with E-state index in [4.69, 9.17) is 9.47 Å². The number of carbonyl (C=O) groups excluding carboxylic acids is 2. The largest absolute Gasteiger partial charge is 0.466 e. The summed E-state index contributed by atoms with van der Waals surface area (Å²) in [6.45, 7) is 28.5. The minimum Gasteiger partial charge on any atom is -0.466 e. The smallest absolute Gasteiger partial charge is 0.305 e. The Morgan fingerprint density at radius 2 is 0.869 bits per heavy atom. The number of carbonyl (C=O) groups is 2. The fourth-order valence-electron chi connectivity index (χ4n) is 8.07. The highest BCUT2D eigenvalue weighted by Crippen LogP contribution is 2.23. The fourth-order valence-corrected chi connectivity index (χ4v) is 8.07. The van der Waals surface area contributed by atoms with E-state index in [1.54, 1.807) is 0 Å². The molecule has 0 rings (SSSR count). The normalized spacial score (nSPS) is 12.4. The highest BCUT2D eigenvalue weighted by Gasteiger charge is 2.15. The van der Waals surface area contributed by atoms with Crippen molar-refractivity contribution in [3.05, 3.63) is 12.8 Å². The van der Waals surface area contributed by atoms with Gasteiger partial charge in [0.25, 0.3) is 0 Å². The van der Waals surface area contributed by atoms with Crippen LogP contribution >= 0.6 is 0 Å². The van der Waals surface area contributed by atoms with E-state index in [-0.39, 0.29) is 11.9 Å². The van der Waals surface area contributed by atoms with Crippen molar-refractivity contribution in [2.45, 2.75) is 267 Å². The van der Waals surface area contributed by atoms with Gasteiger partial charge in [0.05, 0.1) is 19.3 Å². The lowest BCUT2D eigenvalue weighted by atomic mass is 9.92. The van der Waals surface area contributed by atoms with Gasteiger partial charge in [0.1, 0.15) is 0 Å². The van der Waals surface area contributed by atoms with E-state index < -0.39 is 6.10 Å². The first-order valence-electron chi connectivity index (χ1n) is 26.9. The summed E-state index contributed by atoms with van der Waals surface area (Å²) in [5.74, 6) is 1.23. The second-order valence-corrected chi connectivity index (χ2v) is 17.3. The lowest BCUT2D eigenvalue weighted by Gasteiger charge is -2.28. The number of unbranched alkanes of at least 4 members (excludes halogenated alkanes) is 16. The van der Waals surface area contributed by atoms with Crippen LogP contribution in [0.15, 0.2) is 12.8 Å². The summed E-state index contributed by atoms with van der Waals surface area (Å²) >= 11 is 0. The number of likely N-dealkylation sites (N-methyl/N-ethyl adjacent to an activating group) is 1. The van der Waals surface area contributed by atoms with Crippen LogP contribution in [0.25, 0.3) is 0 Å². The van der Waals surface area contributed by atoms with Gasteiger partial charge in [-0.15, -0.1) is 0 Å². The van der Waals surface area contributed by atoms with E-state index >= 15 is 0 Å². The molecule has 0 aromatic rings. The second-order valence-electron chi connectivity index (χ2n) is 17.3. The first kappa shape index (κ1) is 63.7. The number of nitrogens with zero attached hydrogens (tertiary/aromatic N) is 2. The number of ether oxygens (including phenoxy) is 2. The highest BCUT2D eigenvalue weighted by atomic mass is 16.5. The Morgan fingerprint density at radius 3 is 1.31 bits per heavy atom. The van der Waals surface area contributed by atoms with Gasteiger partial charge in [-0.1, -0.05) is 210 Å². The molecule has 0 aliphatic carbocycles. The Morgan fingerprint density at radius 1 is 0.492 bits per heavy atom. The average Bonchev–Trinajstić information content (AvgIpc) is 3.27. The molecule has 0 heterocycles. The molecule has 0 aromatic heterocycles. The maximum absolute atomic E-state index is 12.5. The third-order valence-electron chi connectivity index (χ3n) is 12.1. The van der Waals surface area contributed by atoms with Crippen LogP contribution < -0.4 is 0 Å². The van der Waals surface area contributed by atoms with E-state index in [1.807, 2.05) is 33.9 Å². The average molecular weight is 867 g/mol. The molecule has 1 N–H and O–H groups in total. The molecule has 7 heteroatoms. The maximum atomic E-state index is 12.5. The minimum atomic E-state index is -0.414. The van der Waals surface area contributed by atoms with Crippen LogP contribution in [0.1, 0.15) is 261 Å². The van der Waals surface area contributed by atoms with Crippen molar-refractivity contribution in [2.24, 2.45) is 11.8 Å². The van der Waals surface area contributed by atoms with Crippen LogP contribution in [0.5, 0.6) is 0 Å². The number of esters is 2. The van der Waals surface area contributed by atoms with E-state index in [2.05, 4.69) is 51.0 Å². The topological polar surface area (TPSA) is 79.3 Å². The molecule has 0 aliphatic heterocycles. The molecule has 0 saturated carbocycles. The van der Waals surface area contributed by atoms with Crippen molar-refractivity contribution in [1.82, 2.24) is 9.80 Å². The molecule has 3 atom stereocenters. The van der Waals surface area contributed by atoms with Gasteiger partial charge in [0, 0.05) is 39.0 Å². The van der Waals surface area contributed by atoms with Crippen LogP contribution in [0.2, 0.25) is 0 Å². The van der Waals surface area contributed by atoms with E-state index in [0.717, 1.165) is 77.5 Å². The lowest BCUT2D eigenvalue weighted by molar-refractivity contribution is -0.145. The van der Waals surface area contributed by atoms with Crippen LogP contribution in [0.3, 0.4) is 0 Å². The molecule has 0 amide bonds. The quantitative estimate of drug-likeness (QED) is 0.0482. The monoisotopic (exact) mass is 867 g/mol. The van der Waals surface area contributed by atoms with Crippen LogP contribution in [0, 0.1) is 11.8 Å². The van der Waals surface area contributed by atoms with Gasteiger partial charge in [0.15, 0.2) is 0 Å². The van der Waals surface area contributed by atoms with Gasteiger partial charge in [0.2, 0.25) is 0 Å². The predicted octanol–water partition coefficient (Wildman–Crippen LogP) is 15.7.